The van der Waals surface area contributed by atoms with Crippen LogP contribution in [0.15, 0.2) is 0 Å². The number of carboxylic acids is 3. The van der Waals surface area contributed by atoms with Crippen LogP contribution in [0.4, 0.5) is 0 Å². The van der Waals surface area contributed by atoms with Gasteiger partial charge in [0.2, 0.25) is 0 Å². The van der Waals surface area contributed by atoms with Crippen molar-refractivity contribution in [2.24, 2.45) is 0 Å². The Hall–Kier alpha value is 0.278. The minimum Gasteiger partial charge on any atom is -0.549 e. The summed E-state index contributed by atoms with van der Waals surface area (Å²) < 4.78 is 0. The summed E-state index contributed by atoms with van der Waals surface area (Å²) in [5.74, 6) is 0.432. The van der Waals surface area contributed by atoms with Gasteiger partial charge in [-0.1, -0.05) is 78.6 Å². The average molecular weight is 648 g/mol. The fourth-order valence-corrected chi connectivity index (χ4v) is 4.52. The Labute approximate surface area is 238 Å². The molecule has 6 nitrogen and oxygen atoms in total. The zero-order valence-electron chi connectivity index (χ0n) is 21.3. The first-order valence-corrected chi connectivity index (χ1v) is 15.6. The van der Waals surface area contributed by atoms with Crippen molar-refractivity contribution >= 4 is 77.6 Å². The molecule has 0 atom stereocenters. The molecule has 0 saturated heterocycles. The second-order valence-corrected chi connectivity index (χ2v) is 10.8. The van der Waals surface area contributed by atoms with E-state index in [9.17, 15) is 29.7 Å². The summed E-state index contributed by atoms with van der Waals surface area (Å²) in [6.45, 7) is 6.48. The maximum atomic E-state index is 9.96. The third kappa shape index (κ3) is 53.6. The Bertz CT molecular complexity index is 381. The number of rotatable bonds is 21. The first-order chi connectivity index (χ1) is 15.8. The smallest absolute Gasteiger partial charge is 0.549 e. The summed E-state index contributed by atoms with van der Waals surface area (Å²) in [6, 6.07) is 0. The number of carbonyl (C=O) groups is 3. The van der Waals surface area contributed by atoms with Crippen molar-refractivity contribution in [3.63, 3.8) is 0 Å². The van der Waals surface area contributed by atoms with Crippen LogP contribution in [-0.2, 0) is 14.4 Å². The van der Waals surface area contributed by atoms with Crippen LogP contribution in [0, 0.1) is 0 Å². The number of hydrogen-bond donors (Lipinski definition) is 0. The Morgan fingerprint density at radius 1 is 0.471 bits per heavy atom. The summed E-state index contributed by atoms with van der Waals surface area (Å²) in [5, 5.41) is 29.9. The molecule has 0 unspecified atom stereocenters. The van der Waals surface area contributed by atoms with Gasteiger partial charge < -0.3 is 29.7 Å². The number of carbonyl (C=O) groups excluding carboxylic acids is 3. The molecule has 0 aliphatic carbocycles. The summed E-state index contributed by atoms with van der Waals surface area (Å²) in [7, 11) is 0. The molecule has 200 valence electrons. The molecular weight excluding hydrogens is 602 g/mol. The Kier molecular flexibility index (Phi) is 46.1. The molecule has 0 aromatic rings. The van der Waals surface area contributed by atoms with Gasteiger partial charge in [-0.05, 0) is 36.5 Å². The van der Waals surface area contributed by atoms with E-state index in [0.29, 0.717) is 0 Å². The summed E-state index contributed by atoms with van der Waals surface area (Å²) >= 11 is 4.35. The fourth-order valence-electron chi connectivity index (χ4n) is 2.36. The van der Waals surface area contributed by atoms with E-state index in [4.69, 9.17) is 0 Å². The second kappa shape index (κ2) is 37.8. The number of hydrogen-bond acceptors (Lipinski definition) is 9. The molecule has 0 bridgehead atoms. The maximum Gasteiger partial charge on any atom is 3.00 e. The Morgan fingerprint density at radius 3 is 0.882 bits per heavy atom. The molecule has 0 fully saturated rings. The largest absolute Gasteiger partial charge is 3.00 e. The van der Waals surface area contributed by atoms with E-state index in [2.05, 4.69) is 20.8 Å². The molecule has 0 saturated carbocycles. The van der Waals surface area contributed by atoms with Crippen LogP contribution in [0.3, 0.4) is 0 Å². The van der Waals surface area contributed by atoms with E-state index in [0.717, 1.165) is 36.5 Å². The van der Waals surface area contributed by atoms with Crippen molar-refractivity contribution < 1.29 is 29.7 Å². The molecule has 0 aliphatic rings. The van der Waals surface area contributed by atoms with E-state index in [1.807, 2.05) is 0 Å². The van der Waals surface area contributed by atoms with Crippen molar-refractivity contribution in [1.29, 1.82) is 0 Å². The Morgan fingerprint density at radius 2 is 0.706 bits per heavy atom. The standard InChI is InChI=1S/3C8H16O2S.Sb/c3*1-2-3-4-5-6-11-7-8(9)10;/h3*2-7H2,1H3,(H,9,10);/q;;;+3/p-3. The van der Waals surface area contributed by atoms with Crippen molar-refractivity contribution in [1.82, 2.24) is 0 Å². The van der Waals surface area contributed by atoms with Gasteiger partial charge in [0.05, 0.1) is 17.9 Å². The molecule has 0 aliphatic heterocycles. The summed E-state index contributed by atoms with van der Waals surface area (Å²) in [5.41, 5.74) is 0. The SMILES string of the molecule is CCCCCCSCC(=O)[O-].CCCCCCSCC(=O)[O-].CCCCCCSCC(=O)[O-].[Sb+3]. The summed E-state index contributed by atoms with van der Waals surface area (Å²) in [4.78, 5) is 29.9. The van der Waals surface area contributed by atoms with Gasteiger partial charge >= 0.3 is 24.4 Å². The van der Waals surface area contributed by atoms with Crippen LogP contribution in [0.5, 0.6) is 0 Å². The molecule has 0 rings (SSSR count). The van der Waals surface area contributed by atoms with E-state index >= 15 is 0 Å². The zero-order chi connectivity index (χ0) is 25.6. The summed E-state index contributed by atoms with van der Waals surface area (Å²) in [6.07, 6.45) is 14.5. The van der Waals surface area contributed by atoms with Crippen LogP contribution < -0.4 is 15.3 Å². The van der Waals surface area contributed by atoms with Gasteiger partial charge in [0, 0.05) is 17.3 Å². The third-order valence-corrected chi connectivity index (χ3v) is 7.14. The van der Waals surface area contributed by atoms with Crippen LogP contribution >= 0.6 is 35.3 Å². The molecule has 0 N–H and O–H groups in total. The van der Waals surface area contributed by atoms with Crippen molar-refractivity contribution in [2.75, 3.05) is 34.5 Å². The first kappa shape index (κ1) is 41.4. The molecular formula is C24H45O6S3Sb. The predicted molar refractivity (Wildman–Crippen MR) is 145 cm³/mol. The number of carboxylic acid groups (broad SMARTS) is 3. The van der Waals surface area contributed by atoms with Gasteiger partial charge in [-0.3, -0.25) is 0 Å². The topological polar surface area (TPSA) is 120 Å². The van der Waals surface area contributed by atoms with Crippen LogP contribution in [-0.4, -0.2) is 76.9 Å². The molecule has 0 spiro atoms. The molecule has 0 heterocycles. The monoisotopic (exact) mass is 646 g/mol. The average Bonchev–Trinajstić information content (AvgIpc) is 2.76. The van der Waals surface area contributed by atoms with Crippen molar-refractivity contribution in [2.45, 2.75) is 97.8 Å². The number of thioether (sulfide) groups is 3. The minimum absolute atomic E-state index is 0. The molecule has 34 heavy (non-hydrogen) atoms. The van der Waals surface area contributed by atoms with E-state index in [1.54, 1.807) is 0 Å². The van der Waals surface area contributed by atoms with Gasteiger partial charge in [0.25, 0.3) is 0 Å². The fraction of sp³-hybridized carbons (Fsp3) is 0.875. The van der Waals surface area contributed by atoms with Gasteiger partial charge in [0.1, 0.15) is 0 Å². The van der Waals surface area contributed by atoms with Gasteiger partial charge in [-0.15, -0.1) is 0 Å². The quantitative estimate of drug-likeness (QED) is 0.137. The Balaban J connectivity index is -0.000000196. The minimum atomic E-state index is -0.953. The number of aliphatic carboxylic acids is 3. The third-order valence-electron chi connectivity index (χ3n) is 4.09. The molecule has 0 amide bonds. The van der Waals surface area contributed by atoms with E-state index in [1.165, 1.54) is 93.1 Å². The molecule has 2 radical (unpaired) electrons. The predicted octanol–water partition coefficient (Wildman–Crippen LogP) is 2.77. The van der Waals surface area contributed by atoms with E-state index in [-0.39, 0.29) is 41.7 Å². The molecule has 0 aromatic carbocycles. The zero-order valence-corrected chi connectivity index (χ0v) is 26.4. The number of unbranched alkanes of at least 4 members (excludes halogenated alkanes) is 9. The first-order valence-electron chi connectivity index (χ1n) is 12.1. The van der Waals surface area contributed by atoms with Gasteiger partial charge in [-0.25, -0.2) is 0 Å². The van der Waals surface area contributed by atoms with Crippen LogP contribution in [0.2, 0.25) is 0 Å². The van der Waals surface area contributed by atoms with E-state index < -0.39 is 17.9 Å². The van der Waals surface area contributed by atoms with Crippen molar-refractivity contribution in [3.05, 3.63) is 0 Å². The van der Waals surface area contributed by atoms with Crippen LogP contribution in [0.25, 0.3) is 0 Å². The van der Waals surface area contributed by atoms with Crippen LogP contribution in [0.1, 0.15) is 97.8 Å². The normalized spacial score (nSPS) is 9.62. The molecule has 10 heteroatoms. The molecule has 0 aromatic heterocycles. The van der Waals surface area contributed by atoms with Gasteiger partial charge in [-0.2, -0.15) is 35.3 Å². The van der Waals surface area contributed by atoms with Gasteiger partial charge in [0.15, 0.2) is 0 Å². The maximum absolute atomic E-state index is 9.96. The van der Waals surface area contributed by atoms with Crippen molar-refractivity contribution in [3.8, 4) is 0 Å². The second-order valence-electron chi connectivity index (χ2n) is 7.46.